The van der Waals surface area contributed by atoms with Crippen molar-refractivity contribution in [1.82, 2.24) is 0 Å². The molecule has 1 aliphatic rings. The van der Waals surface area contributed by atoms with Crippen molar-refractivity contribution < 1.29 is 19.1 Å². The fourth-order valence-corrected chi connectivity index (χ4v) is 5.27. The Balaban J connectivity index is 1.87. The van der Waals surface area contributed by atoms with Crippen LogP contribution in [-0.4, -0.2) is 26.2 Å². The van der Waals surface area contributed by atoms with Crippen molar-refractivity contribution in [2.45, 2.75) is 12.3 Å². The molecule has 3 aromatic rings. The van der Waals surface area contributed by atoms with Crippen LogP contribution in [0.25, 0.3) is 12.2 Å². The molecule has 4 rings (SSSR count). The Hall–Kier alpha value is -3.92. The molecule has 3 unspecified atom stereocenters. The van der Waals surface area contributed by atoms with Gasteiger partial charge in [0.15, 0.2) is 5.41 Å². The van der Waals surface area contributed by atoms with Gasteiger partial charge in [0.25, 0.3) is 0 Å². The smallest absolute Gasteiger partial charge is 0.323 e. The van der Waals surface area contributed by atoms with Crippen molar-refractivity contribution in [3.63, 3.8) is 0 Å². The van der Waals surface area contributed by atoms with Crippen molar-refractivity contribution in [3.8, 4) is 0 Å². The molecule has 4 nitrogen and oxygen atoms in total. The van der Waals surface area contributed by atoms with Crippen LogP contribution >= 0.6 is 0 Å². The molecule has 0 N–H and O–H groups in total. The number of rotatable bonds is 7. The summed E-state index contributed by atoms with van der Waals surface area (Å²) < 4.78 is 10.5. The maximum atomic E-state index is 13.4. The second kappa shape index (κ2) is 11.0. The number of hydrogen-bond donors (Lipinski definition) is 0. The Bertz CT molecular complexity index is 1170. The number of allylic oxidation sites excluding steroid dienone is 2. The molecule has 0 spiro atoms. The van der Waals surface area contributed by atoms with Crippen LogP contribution in [0, 0.1) is 17.3 Å². The summed E-state index contributed by atoms with van der Waals surface area (Å²) >= 11 is 0. The SMILES string of the molecule is COC(=O)C1(C(=O)OC)CC(/C=C/c2ccccc2)C(c2ccccc2)C1/C=C/c1ccccc1. The molecule has 0 aliphatic heterocycles. The molecule has 3 atom stereocenters. The molecule has 1 fully saturated rings. The van der Waals surface area contributed by atoms with Gasteiger partial charge < -0.3 is 9.47 Å². The lowest BCUT2D eigenvalue weighted by molar-refractivity contribution is -0.171. The van der Waals surface area contributed by atoms with Gasteiger partial charge in [-0.2, -0.15) is 0 Å². The van der Waals surface area contributed by atoms with E-state index in [1.165, 1.54) is 14.2 Å². The Labute approximate surface area is 206 Å². The number of methoxy groups -OCH3 is 2. The monoisotopic (exact) mass is 466 g/mol. The first-order valence-electron chi connectivity index (χ1n) is 11.8. The highest BCUT2D eigenvalue weighted by atomic mass is 16.5. The van der Waals surface area contributed by atoms with E-state index in [4.69, 9.17) is 9.47 Å². The summed E-state index contributed by atoms with van der Waals surface area (Å²) in [7, 11) is 2.66. The Kier molecular flexibility index (Phi) is 7.61. The van der Waals surface area contributed by atoms with Gasteiger partial charge in [-0.1, -0.05) is 115 Å². The molecule has 0 amide bonds. The molecule has 3 aromatic carbocycles. The van der Waals surface area contributed by atoms with Crippen LogP contribution in [0.15, 0.2) is 103 Å². The van der Waals surface area contributed by atoms with Crippen LogP contribution < -0.4 is 0 Å². The van der Waals surface area contributed by atoms with Gasteiger partial charge in [-0.15, -0.1) is 0 Å². The van der Waals surface area contributed by atoms with Crippen LogP contribution in [0.2, 0.25) is 0 Å². The fraction of sp³-hybridized carbons (Fsp3) is 0.226. The van der Waals surface area contributed by atoms with Crippen LogP contribution in [0.3, 0.4) is 0 Å². The van der Waals surface area contributed by atoms with Gasteiger partial charge in [0, 0.05) is 5.92 Å². The molecule has 0 heterocycles. The highest BCUT2D eigenvalue weighted by Crippen LogP contribution is 2.57. The summed E-state index contributed by atoms with van der Waals surface area (Å²) in [5.41, 5.74) is 1.66. The van der Waals surface area contributed by atoms with Crippen LogP contribution in [0.5, 0.6) is 0 Å². The van der Waals surface area contributed by atoms with Crippen LogP contribution in [-0.2, 0) is 19.1 Å². The van der Waals surface area contributed by atoms with E-state index in [2.05, 4.69) is 24.3 Å². The van der Waals surface area contributed by atoms with E-state index < -0.39 is 23.3 Å². The lowest BCUT2D eigenvalue weighted by Gasteiger charge is -2.30. The quantitative estimate of drug-likeness (QED) is 0.309. The van der Waals surface area contributed by atoms with Gasteiger partial charge in [0.05, 0.1) is 14.2 Å². The van der Waals surface area contributed by atoms with Gasteiger partial charge in [-0.3, -0.25) is 9.59 Å². The summed E-state index contributed by atoms with van der Waals surface area (Å²) in [6.45, 7) is 0. The first-order valence-corrected chi connectivity index (χ1v) is 11.8. The van der Waals surface area contributed by atoms with E-state index in [0.29, 0.717) is 6.42 Å². The molecule has 1 aliphatic carbocycles. The van der Waals surface area contributed by atoms with Gasteiger partial charge in [-0.05, 0) is 34.9 Å². The molecule has 0 bridgehead atoms. The van der Waals surface area contributed by atoms with E-state index in [9.17, 15) is 9.59 Å². The number of carbonyl (C=O) groups excluding carboxylic acids is 2. The summed E-state index contributed by atoms with van der Waals surface area (Å²) in [4.78, 5) is 26.7. The summed E-state index contributed by atoms with van der Waals surface area (Å²) in [5, 5.41) is 0. The largest absolute Gasteiger partial charge is 0.468 e. The lowest BCUT2D eigenvalue weighted by Crippen LogP contribution is -2.44. The van der Waals surface area contributed by atoms with Gasteiger partial charge >= 0.3 is 11.9 Å². The van der Waals surface area contributed by atoms with Crippen LogP contribution in [0.1, 0.15) is 29.0 Å². The molecule has 0 aromatic heterocycles. The molecule has 0 radical (unpaired) electrons. The maximum Gasteiger partial charge on any atom is 0.323 e. The minimum absolute atomic E-state index is 0.0961. The van der Waals surface area contributed by atoms with E-state index in [-0.39, 0.29) is 11.8 Å². The molecule has 0 saturated heterocycles. The van der Waals surface area contributed by atoms with Crippen LogP contribution in [0.4, 0.5) is 0 Å². The number of esters is 2. The minimum atomic E-state index is -1.46. The Morgan fingerprint density at radius 2 is 1.17 bits per heavy atom. The fourth-order valence-electron chi connectivity index (χ4n) is 5.27. The van der Waals surface area contributed by atoms with Gasteiger partial charge in [0.1, 0.15) is 0 Å². The number of benzene rings is 3. The van der Waals surface area contributed by atoms with Crippen molar-refractivity contribution in [1.29, 1.82) is 0 Å². The van der Waals surface area contributed by atoms with Gasteiger partial charge in [-0.25, -0.2) is 0 Å². The van der Waals surface area contributed by atoms with Crippen molar-refractivity contribution >= 4 is 24.1 Å². The zero-order chi connectivity index (χ0) is 24.7. The first-order chi connectivity index (χ1) is 17.1. The third kappa shape index (κ3) is 4.97. The second-order valence-electron chi connectivity index (χ2n) is 8.82. The molecule has 35 heavy (non-hydrogen) atoms. The third-order valence-corrected chi connectivity index (χ3v) is 6.89. The lowest BCUT2D eigenvalue weighted by atomic mass is 9.73. The molecule has 178 valence electrons. The zero-order valence-corrected chi connectivity index (χ0v) is 20.0. The van der Waals surface area contributed by atoms with Crippen molar-refractivity contribution in [2.75, 3.05) is 14.2 Å². The van der Waals surface area contributed by atoms with E-state index in [1.807, 2.05) is 91.0 Å². The average molecular weight is 467 g/mol. The highest BCUT2D eigenvalue weighted by Gasteiger charge is 2.62. The summed E-state index contributed by atoms with van der Waals surface area (Å²) in [5.74, 6) is -1.82. The second-order valence-corrected chi connectivity index (χ2v) is 8.82. The predicted octanol–water partition coefficient (Wildman–Crippen LogP) is 6.17. The Morgan fingerprint density at radius 3 is 1.66 bits per heavy atom. The predicted molar refractivity (Wildman–Crippen MR) is 138 cm³/mol. The minimum Gasteiger partial charge on any atom is -0.468 e. The molecule has 4 heteroatoms. The van der Waals surface area contributed by atoms with E-state index in [0.717, 1.165) is 16.7 Å². The Morgan fingerprint density at radius 1 is 0.714 bits per heavy atom. The van der Waals surface area contributed by atoms with E-state index in [1.54, 1.807) is 0 Å². The van der Waals surface area contributed by atoms with E-state index >= 15 is 0 Å². The third-order valence-electron chi connectivity index (χ3n) is 6.89. The number of ether oxygens (including phenoxy) is 2. The summed E-state index contributed by atoms with van der Waals surface area (Å²) in [6.07, 6.45) is 8.42. The first kappa shape index (κ1) is 24.2. The average Bonchev–Trinajstić information content (AvgIpc) is 3.26. The molecular weight excluding hydrogens is 436 g/mol. The normalized spacial score (nSPS) is 21.3. The van der Waals surface area contributed by atoms with Gasteiger partial charge in [0.2, 0.25) is 0 Å². The van der Waals surface area contributed by atoms with Crippen molar-refractivity contribution in [2.24, 2.45) is 17.3 Å². The summed E-state index contributed by atoms with van der Waals surface area (Å²) in [6, 6.07) is 29.9. The van der Waals surface area contributed by atoms with Crippen molar-refractivity contribution in [3.05, 3.63) is 120 Å². The maximum absolute atomic E-state index is 13.4. The number of hydrogen-bond acceptors (Lipinski definition) is 4. The molecule has 1 saturated carbocycles. The topological polar surface area (TPSA) is 52.6 Å². The highest BCUT2D eigenvalue weighted by molar-refractivity contribution is 6.01. The standard InChI is InChI=1S/C31H30O4/c1-34-29(32)31(30(33)35-2)22-26(20-18-23-12-6-3-7-13-23)28(25-16-10-5-11-17-25)27(31)21-19-24-14-8-4-9-15-24/h3-21,26-28H,22H2,1-2H3/b20-18+,21-19+. The zero-order valence-electron chi connectivity index (χ0n) is 20.0. The number of carbonyl (C=O) groups is 2. The molecular formula is C31H30O4.